The van der Waals surface area contributed by atoms with E-state index in [1.165, 1.54) is 6.92 Å². The van der Waals surface area contributed by atoms with E-state index < -0.39 is 52.8 Å². The lowest BCUT2D eigenvalue weighted by molar-refractivity contribution is -0.123. The number of carbonyl (C=O) groups excluding carboxylic acids is 1. The Morgan fingerprint density at radius 3 is 1.92 bits per heavy atom. The van der Waals surface area contributed by atoms with Gasteiger partial charge in [-0.05, 0) is 32.6 Å². The molecule has 2 saturated heterocycles. The normalized spacial score (nSPS) is 27.4. The van der Waals surface area contributed by atoms with E-state index in [0.29, 0.717) is 12.8 Å². The molecule has 2 aliphatic heterocycles. The molecule has 2 N–H and O–H groups in total. The molecule has 2 aliphatic rings. The minimum absolute atomic E-state index is 0.0501. The Labute approximate surface area is 140 Å². The highest BCUT2D eigenvalue weighted by Gasteiger charge is 2.44. The number of hydrogen-bond donors (Lipinski definition) is 2. The number of rotatable bonds is 3. The van der Waals surface area contributed by atoms with Crippen LogP contribution in [0, 0.1) is 29.1 Å². The first-order chi connectivity index (χ1) is 11.7. The van der Waals surface area contributed by atoms with Crippen LogP contribution in [-0.2, 0) is 4.79 Å². The van der Waals surface area contributed by atoms with Crippen LogP contribution >= 0.6 is 0 Å². The van der Waals surface area contributed by atoms with Gasteiger partial charge in [-0.2, -0.15) is 0 Å². The second-order valence-corrected chi connectivity index (χ2v) is 6.57. The molecule has 0 spiro atoms. The number of fused-ring (bicyclic) bond motifs is 2. The summed E-state index contributed by atoms with van der Waals surface area (Å²) in [6.07, 6.45) is 2.07. The maximum Gasteiger partial charge on any atom is 0.241 e. The summed E-state index contributed by atoms with van der Waals surface area (Å²) in [7, 11) is 0. The standard InChI is InChI=1S/C16H17F5N2O2/c1-6(23-7-2-3-8(23)5-9(24)4-7)16(25)22-15-13(20)11(18)10(17)12(19)14(15)21/h6-9,24H,2-5H2,1H3,(H,22,25). The SMILES string of the molecule is CC(C(=O)Nc1c(F)c(F)c(F)c(F)c1F)N1C2CCC1CC(O)C2. The topological polar surface area (TPSA) is 52.6 Å². The van der Waals surface area contributed by atoms with Crippen molar-refractivity contribution >= 4 is 11.6 Å². The molecule has 4 nitrogen and oxygen atoms in total. The number of nitrogens with zero attached hydrogens (tertiary/aromatic N) is 1. The van der Waals surface area contributed by atoms with E-state index in [2.05, 4.69) is 0 Å². The molecule has 1 aromatic rings. The van der Waals surface area contributed by atoms with Gasteiger partial charge in [0.05, 0.1) is 12.1 Å². The number of nitrogens with one attached hydrogen (secondary N) is 1. The molecule has 0 radical (unpaired) electrons. The Morgan fingerprint density at radius 2 is 1.44 bits per heavy atom. The number of piperidine rings is 1. The van der Waals surface area contributed by atoms with E-state index in [9.17, 15) is 31.9 Å². The summed E-state index contributed by atoms with van der Waals surface area (Å²) in [5.74, 6) is -11.5. The van der Waals surface area contributed by atoms with Crippen molar-refractivity contribution in [1.82, 2.24) is 4.90 Å². The molecule has 3 unspecified atom stereocenters. The van der Waals surface area contributed by atoms with Gasteiger partial charge in [-0.1, -0.05) is 0 Å². The molecular weight excluding hydrogens is 347 g/mol. The van der Waals surface area contributed by atoms with Gasteiger partial charge in [0.2, 0.25) is 11.7 Å². The van der Waals surface area contributed by atoms with Gasteiger partial charge >= 0.3 is 0 Å². The summed E-state index contributed by atoms with van der Waals surface area (Å²) in [6.45, 7) is 1.50. The number of benzene rings is 1. The number of carbonyl (C=O) groups is 1. The monoisotopic (exact) mass is 364 g/mol. The van der Waals surface area contributed by atoms with Gasteiger partial charge < -0.3 is 10.4 Å². The van der Waals surface area contributed by atoms with Crippen LogP contribution in [0.15, 0.2) is 0 Å². The van der Waals surface area contributed by atoms with Crippen LogP contribution in [0.3, 0.4) is 0 Å². The van der Waals surface area contributed by atoms with Crippen molar-refractivity contribution < 1.29 is 31.9 Å². The first-order valence-electron chi connectivity index (χ1n) is 8.00. The fraction of sp³-hybridized carbons (Fsp3) is 0.562. The molecule has 25 heavy (non-hydrogen) atoms. The Balaban J connectivity index is 1.82. The minimum atomic E-state index is -2.27. The van der Waals surface area contributed by atoms with E-state index in [1.54, 1.807) is 0 Å². The summed E-state index contributed by atoms with van der Waals surface area (Å²) < 4.78 is 66.9. The highest BCUT2D eigenvalue weighted by atomic mass is 19.2. The average molecular weight is 364 g/mol. The molecule has 9 heteroatoms. The predicted molar refractivity (Wildman–Crippen MR) is 78.2 cm³/mol. The number of amides is 1. The first-order valence-corrected chi connectivity index (χ1v) is 8.00. The van der Waals surface area contributed by atoms with Crippen LogP contribution in [-0.4, -0.2) is 40.1 Å². The molecule has 2 heterocycles. The van der Waals surface area contributed by atoms with E-state index in [4.69, 9.17) is 0 Å². The number of halogens is 5. The smallest absolute Gasteiger partial charge is 0.241 e. The quantitative estimate of drug-likeness (QED) is 0.493. The van der Waals surface area contributed by atoms with Crippen LogP contribution in [0.1, 0.15) is 32.6 Å². The molecule has 0 saturated carbocycles. The van der Waals surface area contributed by atoms with Crippen molar-refractivity contribution in [2.75, 3.05) is 5.32 Å². The van der Waals surface area contributed by atoms with E-state index in [-0.39, 0.29) is 12.1 Å². The molecule has 0 aromatic heterocycles. The molecule has 2 fully saturated rings. The number of aliphatic hydroxyl groups is 1. The van der Waals surface area contributed by atoms with Crippen molar-refractivity contribution in [2.45, 2.75) is 56.8 Å². The van der Waals surface area contributed by atoms with Crippen molar-refractivity contribution in [2.24, 2.45) is 0 Å². The van der Waals surface area contributed by atoms with E-state index >= 15 is 0 Å². The summed E-state index contributed by atoms with van der Waals surface area (Å²) >= 11 is 0. The van der Waals surface area contributed by atoms with Gasteiger partial charge in [-0.25, -0.2) is 22.0 Å². The zero-order valence-corrected chi connectivity index (χ0v) is 13.3. The number of aliphatic hydroxyl groups excluding tert-OH is 1. The molecular formula is C16H17F5N2O2. The highest BCUT2D eigenvalue weighted by molar-refractivity contribution is 5.95. The van der Waals surface area contributed by atoms with Crippen LogP contribution in [0.4, 0.5) is 27.6 Å². The molecule has 1 amide bonds. The third kappa shape index (κ3) is 2.99. The fourth-order valence-electron chi connectivity index (χ4n) is 3.89. The lowest BCUT2D eigenvalue weighted by Crippen LogP contribution is -2.53. The summed E-state index contributed by atoms with van der Waals surface area (Å²) in [4.78, 5) is 14.2. The minimum Gasteiger partial charge on any atom is -0.393 e. The number of hydrogen-bond acceptors (Lipinski definition) is 3. The van der Waals surface area contributed by atoms with Crippen molar-refractivity contribution in [3.05, 3.63) is 29.1 Å². The zero-order valence-electron chi connectivity index (χ0n) is 13.3. The van der Waals surface area contributed by atoms with Crippen molar-refractivity contribution in [1.29, 1.82) is 0 Å². The summed E-state index contributed by atoms with van der Waals surface area (Å²) in [5.41, 5.74) is -1.35. The van der Waals surface area contributed by atoms with Crippen LogP contribution in [0.2, 0.25) is 0 Å². The largest absolute Gasteiger partial charge is 0.393 e. The third-order valence-corrected chi connectivity index (χ3v) is 5.05. The van der Waals surface area contributed by atoms with Crippen LogP contribution in [0.25, 0.3) is 0 Å². The third-order valence-electron chi connectivity index (χ3n) is 5.05. The van der Waals surface area contributed by atoms with Gasteiger partial charge in [0.15, 0.2) is 23.3 Å². The highest BCUT2D eigenvalue weighted by Crippen LogP contribution is 2.37. The van der Waals surface area contributed by atoms with Crippen molar-refractivity contribution in [3.63, 3.8) is 0 Å². The molecule has 0 aliphatic carbocycles. The van der Waals surface area contributed by atoms with Gasteiger partial charge in [-0.15, -0.1) is 0 Å². The van der Waals surface area contributed by atoms with Gasteiger partial charge in [0.1, 0.15) is 5.69 Å². The summed E-state index contributed by atoms with van der Waals surface area (Å²) in [6, 6.07) is -0.934. The van der Waals surface area contributed by atoms with Gasteiger partial charge in [0.25, 0.3) is 0 Å². The second kappa shape index (κ2) is 6.53. The predicted octanol–water partition coefficient (Wildman–Crippen LogP) is 2.70. The van der Waals surface area contributed by atoms with Crippen LogP contribution in [0.5, 0.6) is 0 Å². The summed E-state index contributed by atoms with van der Waals surface area (Å²) in [5, 5.41) is 11.6. The molecule has 138 valence electrons. The van der Waals surface area contributed by atoms with Crippen molar-refractivity contribution in [3.8, 4) is 0 Å². The molecule has 2 bridgehead atoms. The van der Waals surface area contributed by atoms with Gasteiger partial charge in [0, 0.05) is 12.1 Å². The molecule has 1 aromatic carbocycles. The maximum absolute atomic E-state index is 13.7. The molecule has 3 atom stereocenters. The van der Waals surface area contributed by atoms with Gasteiger partial charge in [-0.3, -0.25) is 9.69 Å². The zero-order chi connectivity index (χ0) is 18.5. The maximum atomic E-state index is 13.7. The Hall–Kier alpha value is -1.74. The second-order valence-electron chi connectivity index (χ2n) is 6.57. The Kier molecular flexibility index (Phi) is 4.72. The first kappa shape index (κ1) is 18.1. The van der Waals surface area contributed by atoms with E-state index in [0.717, 1.165) is 12.8 Å². The molecule has 3 rings (SSSR count). The Morgan fingerprint density at radius 1 is 1.00 bits per heavy atom. The van der Waals surface area contributed by atoms with E-state index in [1.807, 2.05) is 10.2 Å². The Bertz CT molecular complexity index is 671. The van der Waals surface area contributed by atoms with Crippen LogP contribution < -0.4 is 5.32 Å². The lowest BCUT2D eigenvalue weighted by atomic mass is 9.98. The average Bonchev–Trinajstić information content (AvgIpc) is 2.85. The lowest BCUT2D eigenvalue weighted by Gasteiger charge is -2.40. The fourth-order valence-corrected chi connectivity index (χ4v) is 3.89. The number of anilines is 1.